The van der Waals surface area contributed by atoms with Crippen LogP contribution in [0.25, 0.3) is 0 Å². The van der Waals surface area contributed by atoms with Crippen LogP contribution in [0.5, 0.6) is 0 Å². The van der Waals surface area contributed by atoms with Crippen LogP contribution in [0.4, 0.5) is 0 Å². The van der Waals surface area contributed by atoms with E-state index in [0.29, 0.717) is 6.42 Å². The third-order valence-electron chi connectivity index (χ3n) is 4.58. The van der Waals surface area contributed by atoms with Crippen molar-refractivity contribution in [2.24, 2.45) is 5.92 Å². The van der Waals surface area contributed by atoms with Gasteiger partial charge in [-0.05, 0) is 38.5 Å². The molecule has 0 unspecified atom stereocenters. The number of nitrogens with zero attached hydrogens (tertiary/aromatic N) is 1. The fraction of sp³-hybridized carbons (Fsp3) is 0.412. The summed E-state index contributed by atoms with van der Waals surface area (Å²) in [6.45, 7) is 5.26. The minimum atomic E-state index is -1.10. The van der Waals surface area contributed by atoms with Gasteiger partial charge in [0, 0.05) is 28.1 Å². The predicted octanol–water partition coefficient (Wildman–Crippen LogP) is 3.12. The molecular weight excluding hydrogens is 344 g/mol. The van der Waals surface area contributed by atoms with Gasteiger partial charge in [-0.3, -0.25) is 9.89 Å². The minimum Gasteiger partial charge on any atom is -0.389 e. The first kappa shape index (κ1) is 15.4. The number of rotatable bonds is 2. The lowest BCUT2D eigenvalue weighted by molar-refractivity contribution is -0.130. The first-order valence-corrected chi connectivity index (χ1v) is 8.12. The monoisotopic (exact) mass is 362 g/mol. The molecule has 0 saturated heterocycles. The lowest BCUT2D eigenvalue weighted by Crippen LogP contribution is -2.48. The SMILES string of the molecule is CC(=O)[C@@H]1[C@@H](c2ccc(Br)cc2)c2c(n[nH]c2C)C[C@@]1(C)O. The standard InChI is InChI=1S/C17H19BrN2O2/c1-9-14-13(20-19-9)8-17(3,22)16(10(2)21)15(14)11-4-6-12(18)7-5-11/h4-7,15-16,22H,8H2,1-3H3,(H,19,20)/t15-,16+,17+/m0/s1. The van der Waals surface area contributed by atoms with Gasteiger partial charge in [0.2, 0.25) is 0 Å². The Hall–Kier alpha value is -1.46. The Morgan fingerprint density at radius 3 is 2.64 bits per heavy atom. The Morgan fingerprint density at radius 2 is 2.05 bits per heavy atom. The number of fused-ring (bicyclic) bond motifs is 1. The number of aliphatic hydroxyl groups is 1. The molecule has 1 aromatic heterocycles. The molecule has 1 aliphatic rings. The van der Waals surface area contributed by atoms with Gasteiger partial charge < -0.3 is 5.11 Å². The summed E-state index contributed by atoms with van der Waals surface area (Å²) in [4.78, 5) is 12.3. The highest BCUT2D eigenvalue weighted by atomic mass is 79.9. The average molecular weight is 363 g/mol. The van der Waals surface area contributed by atoms with Crippen LogP contribution < -0.4 is 0 Å². The van der Waals surface area contributed by atoms with Gasteiger partial charge in [0.15, 0.2) is 0 Å². The summed E-state index contributed by atoms with van der Waals surface area (Å²) in [7, 11) is 0. The van der Waals surface area contributed by atoms with Gasteiger partial charge in [0.1, 0.15) is 5.78 Å². The summed E-state index contributed by atoms with van der Waals surface area (Å²) in [6.07, 6.45) is 0.393. The third kappa shape index (κ3) is 2.42. The van der Waals surface area contributed by atoms with Crippen LogP contribution in [-0.4, -0.2) is 26.7 Å². The van der Waals surface area contributed by atoms with Crippen molar-refractivity contribution < 1.29 is 9.90 Å². The number of Topliss-reactive ketones (excluding diaryl/α,β-unsaturated/α-hetero) is 1. The second kappa shape index (κ2) is 5.32. The number of nitrogens with one attached hydrogen (secondary N) is 1. The van der Waals surface area contributed by atoms with E-state index in [9.17, 15) is 9.90 Å². The molecule has 5 heteroatoms. The van der Waals surface area contributed by atoms with Crippen LogP contribution in [0.2, 0.25) is 0 Å². The number of halogens is 1. The maximum absolute atomic E-state index is 12.3. The van der Waals surface area contributed by atoms with Crippen molar-refractivity contribution >= 4 is 21.7 Å². The van der Waals surface area contributed by atoms with Crippen molar-refractivity contribution in [1.29, 1.82) is 0 Å². The van der Waals surface area contributed by atoms with E-state index < -0.39 is 11.5 Å². The van der Waals surface area contributed by atoms with Crippen molar-refractivity contribution in [3.63, 3.8) is 0 Å². The van der Waals surface area contributed by atoms with E-state index in [1.807, 2.05) is 31.2 Å². The molecule has 116 valence electrons. The van der Waals surface area contributed by atoms with Crippen LogP contribution in [0.3, 0.4) is 0 Å². The molecule has 0 saturated carbocycles. The molecule has 0 spiro atoms. The van der Waals surface area contributed by atoms with Crippen molar-refractivity contribution in [3.05, 3.63) is 51.3 Å². The quantitative estimate of drug-likeness (QED) is 0.862. The van der Waals surface area contributed by atoms with Gasteiger partial charge in [0.25, 0.3) is 0 Å². The molecule has 2 aromatic rings. The molecule has 3 atom stereocenters. The van der Waals surface area contributed by atoms with Crippen LogP contribution in [0, 0.1) is 12.8 Å². The largest absolute Gasteiger partial charge is 0.389 e. The van der Waals surface area contributed by atoms with E-state index >= 15 is 0 Å². The maximum atomic E-state index is 12.3. The highest BCUT2D eigenvalue weighted by Gasteiger charge is 2.48. The smallest absolute Gasteiger partial charge is 0.136 e. The lowest BCUT2D eigenvalue weighted by Gasteiger charge is -2.41. The molecule has 0 radical (unpaired) electrons. The molecule has 2 N–H and O–H groups in total. The normalized spacial score (nSPS) is 27.5. The number of benzene rings is 1. The van der Waals surface area contributed by atoms with Gasteiger partial charge in [-0.2, -0.15) is 5.10 Å². The topological polar surface area (TPSA) is 66.0 Å². The molecular formula is C17H19BrN2O2. The second-order valence-corrected chi connectivity index (χ2v) is 7.28. The van der Waals surface area contributed by atoms with Gasteiger partial charge in [0.05, 0.1) is 17.2 Å². The summed E-state index contributed by atoms with van der Waals surface area (Å²) in [5, 5.41) is 18.2. The zero-order valence-electron chi connectivity index (χ0n) is 12.9. The van der Waals surface area contributed by atoms with Crippen LogP contribution in [0.15, 0.2) is 28.7 Å². The molecule has 1 aliphatic carbocycles. The molecule has 0 fully saturated rings. The second-order valence-electron chi connectivity index (χ2n) is 6.36. The molecule has 4 nitrogen and oxygen atoms in total. The fourth-order valence-corrected chi connectivity index (χ4v) is 3.98. The number of hydrogen-bond acceptors (Lipinski definition) is 3. The molecule has 3 rings (SSSR count). The van der Waals surface area contributed by atoms with Crippen molar-refractivity contribution in [2.75, 3.05) is 0 Å². The summed E-state index contributed by atoms with van der Waals surface area (Å²) < 4.78 is 0.988. The van der Waals surface area contributed by atoms with Crippen molar-refractivity contribution in [2.45, 2.75) is 38.7 Å². The molecule has 0 aliphatic heterocycles. The highest BCUT2D eigenvalue weighted by Crippen LogP contribution is 2.46. The van der Waals surface area contributed by atoms with Crippen LogP contribution in [-0.2, 0) is 11.2 Å². The molecule has 0 amide bonds. The number of aromatic nitrogens is 2. The first-order chi connectivity index (χ1) is 10.3. The maximum Gasteiger partial charge on any atom is 0.136 e. The molecule has 1 aromatic carbocycles. The zero-order valence-corrected chi connectivity index (χ0v) is 14.4. The first-order valence-electron chi connectivity index (χ1n) is 7.33. The molecule has 22 heavy (non-hydrogen) atoms. The summed E-state index contributed by atoms with van der Waals surface area (Å²) >= 11 is 3.44. The number of aromatic amines is 1. The van der Waals surface area contributed by atoms with E-state index in [-0.39, 0.29) is 11.7 Å². The minimum absolute atomic E-state index is 0.00386. The summed E-state index contributed by atoms with van der Waals surface area (Å²) in [5.41, 5.74) is 2.79. The molecule has 0 bridgehead atoms. The molecule has 1 heterocycles. The van der Waals surface area contributed by atoms with Crippen molar-refractivity contribution in [1.82, 2.24) is 10.2 Å². The Kier molecular flexibility index (Phi) is 3.73. The highest BCUT2D eigenvalue weighted by molar-refractivity contribution is 9.10. The van der Waals surface area contributed by atoms with Gasteiger partial charge in [-0.1, -0.05) is 28.1 Å². The number of H-pyrrole nitrogens is 1. The number of hydrogen-bond donors (Lipinski definition) is 2. The Morgan fingerprint density at radius 1 is 1.41 bits per heavy atom. The van der Waals surface area contributed by atoms with E-state index in [4.69, 9.17) is 0 Å². The van der Waals surface area contributed by atoms with Crippen LogP contribution in [0.1, 0.15) is 42.3 Å². The third-order valence-corrected chi connectivity index (χ3v) is 5.11. The fourth-order valence-electron chi connectivity index (χ4n) is 3.71. The van der Waals surface area contributed by atoms with Gasteiger partial charge >= 0.3 is 0 Å². The van der Waals surface area contributed by atoms with Crippen LogP contribution >= 0.6 is 15.9 Å². The van der Waals surface area contributed by atoms with E-state index in [2.05, 4.69) is 26.1 Å². The lowest BCUT2D eigenvalue weighted by atomic mass is 9.64. The number of carbonyl (C=O) groups is 1. The Bertz CT molecular complexity index is 719. The predicted molar refractivity (Wildman–Crippen MR) is 87.8 cm³/mol. The number of ketones is 1. The average Bonchev–Trinajstić information content (AvgIpc) is 2.77. The van der Waals surface area contributed by atoms with Gasteiger partial charge in [-0.25, -0.2) is 0 Å². The number of carbonyl (C=O) groups excluding carboxylic acids is 1. The summed E-state index contributed by atoms with van der Waals surface area (Å²) in [6, 6.07) is 7.93. The Labute approximate surface area is 138 Å². The van der Waals surface area contributed by atoms with E-state index in [0.717, 1.165) is 27.0 Å². The van der Waals surface area contributed by atoms with Crippen molar-refractivity contribution in [3.8, 4) is 0 Å². The number of aryl methyl sites for hydroxylation is 1. The zero-order chi connectivity index (χ0) is 16.1. The van der Waals surface area contributed by atoms with E-state index in [1.165, 1.54) is 0 Å². The Balaban J connectivity index is 2.23. The van der Waals surface area contributed by atoms with Gasteiger partial charge in [-0.15, -0.1) is 0 Å². The summed E-state index contributed by atoms with van der Waals surface area (Å²) in [5.74, 6) is -0.648. The van der Waals surface area contributed by atoms with E-state index in [1.54, 1.807) is 13.8 Å².